The van der Waals surface area contributed by atoms with E-state index in [1.54, 1.807) is 10.9 Å². The number of nitrogens with zero attached hydrogens (tertiary/aromatic N) is 4. The van der Waals surface area contributed by atoms with Crippen LogP contribution < -0.4 is 5.32 Å². The standard InChI is InChI=1S/C19H29N5O3/c25-17(20-15-6-1-2-7-15)16-12-24(22-21-16)13-19(27)8-10-23(11-9-19)18(26)14-4-3-5-14/h12,14-15,27H,1-11,13H2,(H,20,25). The molecule has 2 N–H and O–H groups in total. The van der Waals surface area contributed by atoms with Gasteiger partial charge < -0.3 is 15.3 Å². The Bertz CT molecular complexity index is 685. The number of aliphatic hydroxyl groups is 1. The maximum atomic E-state index is 12.3. The lowest BCUT2D eigenvalue weighted by Gasteiger charge is -2.40. The molecule has 8 heteroatoms. The summed E-state index contributed by atoms with van der Waals surface area (Å²) in [5, 5.41) is 21.9. The predicted octanol–water partition coefficient (Wildman–Crippen LogP) is 1.10. The number of carbonyl (C=O) groups excluding carboxylic acids is 2. The van der Waals surface area contributed by atoms with Crippen molar-refractivity contribution >= 4 is 11.8 Å². The molecule has 27 heavy (non-hydrogen) atoms. The minimum absolute atomic E-state index is 0.193. The zero-order valence-electron chi connectivity index (χ0n) is 15.8. The van der Waals surface area contributed by atoms with Crippen molar-refractivity contribution in [1.82, 2.24) is 25.2 Å². The smallest absolute Gasteiger partial charge is 0.273 e. The van der Waals surface area contributed by atoms with Crippen molar-refractivity contribution in [3.8, 4) is 0 Å². The van der Waals surface area contributed by atoms with Gasteiger partial charge in [-0.2, -0.15) is 0 Å². The molecule has 1 aromatic heterocycles. The maximum Gasteiger partial charge on any atom is 0.273 e. The zero-order valence-corrected chi connectivity index (χ0v) is 15.8. The first kappa shape index (κ1) is 18.4. The second-order valence-electron chi connectivity index (χ2n) is 8.43. The number of piperidine rings is 1. The fourth-order valence-corrected chi connectivity index (χ4v) is 4.33. The van der Waals surface area contributed by atoms with Gasteiger partial charge >= 0.3 is 0 Å². The highest BCUT2D eigenvalue weighted by Gasteiger charge is 2.37. The lowest BCUT2D eigenvalue weighted by Crippen LogP contribution is -2.50. The van der Waals surface area contributed by atoms with Gasteiger partial charge in [-0.1, -0.05) is 24.5 Å². The van der Waals surface area contributed by atoms with Gasteiger partial charge in [0.05, 0.1) is 18.3 Å². The summed E-state index contributed by atoms with van der Waals surface area (Å²) < 4.78 is 1.55. The van der Waals surface area contributed by atoms with Crippen LogP contribution in [0.25, 0.3) is 0 Å². The second kappa shape index (κ2) is 7.58. The van der Waals surface area contributed by atoms with Gasteiger partial charge in [0, 0.05) is 25.0 Å². The van der Waals surface area contributed by atoms with Crippen molar-refractivity contribution in [2.45, 2.75) is 76.0 Å². The molecule has 8 nitrogen and oxygen atoms in total. The minimum atomic E-state index is -0.913. The van der Waals surface area contributed by atoms with Crippen LogP contribution in [0.2, 0.25) is 0 Å². The number of rotatable bonds is 5. The molecular formula is C19H29N5O3. The van der Waals surface area contributed by atoms with E-state index in [0.29, 0.717) is 38.2 Å². The molecule has 3 aliphatic rings. The molecule has 4 rings (SSSR count). The summed E-state index contributed by atoms with van der Waals surface area (Å²) in [5.41, 5.74) is -0.619. The fraction of sp³-hybridized carbons (Fsp3) is 0.789. The highest BCUT2D eigenvalue weighted by molar-refractivity contribution is 5.92. The first-order valence-corrected chi connectivity index (χ1v) is 10.2. The molecule has 0 spiro atoms. The second-order valence-corrected chi connectivity index (χ2v) is 8.43. The van der Waals surface area contributed by atoms with E-state index >= 15 is 0 Å². The fourth-order valence-electron chi connectivity index (χ4n) is 4.33. The van der Waals surface area contributed by atoms with Crippen molar-refractivity contribution in [2.24, 2.45) is 5.92 Å². The third-order valence-corrected chi connectivity index (χ3v) is 6.38. The number of aromatic nitrogens is 3. The summed E-state index contributed by atoms with van der Waals surface area (Å²) in [6, 6.07) is 0.240. The van der Waals surface area contributed by atoms with Crippen molar-refractivity contribution in [2.75, 3.05) is 13.1 Å². The number of amides is 2. The van der Waals surface area contributed by atoms with Crippen molar-refractivity contribution in [3.05, 3.63) is 11.9 Å². The summed E-state index contributed by atoms with van der Waals surface area (Å²) >= 11 is 0. The summed E-state index contributed by atoms with van der Waals surface area (Å²) in [7, 11) is 0. The van der Waals surface area contributed by atoms with Crippen LogP contribution in [0.4, 0.5) is 0 Å². The Kier molecular flexibility index (Phi) is 5.16. The van der Waals surface area contributed by atoms with E-state index in [1.807, 2.05) is 4.90 Å². The summed E-state index contributed by atoms with van der Waals surface area (Å²) in [6.07, 6.45) is 10.2. The van der Waals surface area contributed by atoms with E-state index in [4.69, 9.17) is 0 Å². The molecule has 2 heterocycles. The molecule has 1 aliphatic heterocycles. The van der Waals surface area contributed by atoms with Crippen LogP contribution in [0.15, 0.2) is 6.20 Å². The first-order chi connectivity index (χ1) is 13.0. The maximum absolute atomic E-state index is 12.3. The minimum Gasteiger partial charge on any atom is -0.388 e. The van der Waals surface area contributed by atoms with Gasteiger partial charge in [0.25, 0.3) is 5.91 Å². The average Bonchev–Trinajstić information content (AvgIpc) is 3.25. The molecule has 0 bridgehead atoms. The molecule has 0 unspecified atom stereocenters. The van der Waals surface area contributed by atoms with Crippen LogP contribution in [0.1, 0.15) is 68.3 Å². The van der Waals surface area contributed by atoms with Gasteiger partial charge in [0.15, 0.2) is 5.69 Å². The monoisotopic (exact) mass is 375 g/mol. The van der Waals surface area contributed by atoms with Crippen LogP contribution in [-0.2, 0) is 11.3 Å². The van der Waals surface area contributed by atoms with E-state index in [0.717, 1.165) is 44.9 Å². The Balaban J connectivity index is 1.29. The van der Waals surface area contributed by atoms with Crippen LogP contribution in [0.3, 0.4) is 0 Å². The number of likely N-dealkylation sites (tertiary alicyclic amines) is 1. The Morgan fingerprint density at radius 3 is 2.48 bits per heavy atom. The molecule has 2 amide bonds. The third kappa shape index (κ3) is 4.15. The Morgan fingerprint density at radius 2 is 1.85 bits per heavy atom. The average molecular weight is 375 g/mol. The van der Waals surface area contributed by atoms with Crippen molar-refractivity contribution < 1.29 is 14.7 Å². The van der Waals surface area contributed by atoms with E-state index in [-0.39, 0.29) is 23.8 Å². The Hall–Kier alpha value is -1.96. The molecule has 0 radical (unpaired) electrons. The Morgan fingerprint density at radius 1 is 1.15 bits per heavy atom. The van der Waals surface area contributed by atoms with Gasteiger partial charge in [-0.05, 0) is 38.5 Å². The van der Waals surface area contributed by atoms with Gasteiger partial charge in [-0.15, -0.1) is 5.10 Å². The molecule has 3 fully saturated rings. The quantitative estimate of drug-likeness (QED) is 0.803. The van der Waals surface area contributed by atoms with Gasteiger partial charge in [-0.3, -0.25) is 9.59 Å². The van der Waals surface area contributed by atoms with Crippen LogP contribution >= 0.6 is 0 Å². The molecule has 0 atom stereocenters. The van der Waals surface area contributed by atoms with E-state index < -0.39 is 5.60 Å². The van der Waals surface area contributed by atoms with Gasteiger partial charge in [0.1, 0.15) is 0 Å². The molecule has 2 saturated carbocycles. The predicted molar refractivity (Wildman–Crippen MR) is 97.8 cm³/mol. The Labute approximate surface area is 159 Å². The highest BCUT2D eigenvalue weighted by Crippen LogP contribution is 2.31. The molecule has 1 aromatic rings. The van der Waals surface area contributed by atoms with E-state index in [1.165, 1.54) is 0 Å². The number of hydrogen-bond donors (Lipinski definition) is 2. The highest BCUT2D eigenvalue weighted by atomic mass is 16.3. The summed E-state index contributed by atoms with van der Waals surface area (Å²) in [6.45, 7) is 1.45. The molecule has 0 aromatic carbocycles. The van der Waals surface area contributed by atoms with Crippen molar-refractivity contribution in [1.29, 1.82) is 0 Å². The summed E-state index contributed by atoms with van der Waals surface area (Å²) in [4.78, 5) is 26.5. The summed E-state index contributed by atoms with van der Waals surface area (Å²) in [5.74, 6) is 0.253. The van der Waals surface area contributed by atoms with Gasteiger partial charge in [-0.25, -0.2) is 4.68 Å². The van der Waals surface area contributed by atoms with Crippen LogP contribution in [0, 0.1) is 5.92 Å². The normalized spacial score (nSPS) is 23.2. The van der Waals surface area contributed by atoms with Crippen molar-refractivity contribution in [3.63, 3.8) is 0 Å². The SMILES string of the molecule is O=C(NC1CCCC1)c1cn(CC2(O)CCN(C(=O)C3CCC3)CC2)nn1. The van der Waals surface area contributed by atoms with E-state index in [2.05, 4.69) is 15.6 Å². The third-order valence-electron chi connectivity index (χ3n) is 6.38. The largest absolute Gasteiger partial charge is 0.388 e. The molecule has 148 valence electrons. The topological polar surface area (TPSA) is 100 Å². The number of hydrogen-bond acceptors (Lipinski definition) is 5. The van der Waals surface area contributed by atoms with E-state index in [9.17, 15) is 14.7 Å². The number of carbonyl (C=O) groups is 2. The van der Waals surface area contributed by atoms with Gasteiger partial charge in [0.2, 0.25) is 5.91 Å². The zero-order chi connectivity index (χ0) is 18.9. The lowest BCUT2D eigenvalue weighted by molar-refractivity contribution is -0.142. The molecule has 2 aliphatic carbocycles. The van der Waals surface area contributed by atoms with Crippen LogP contribution in [-0.4, -0.2) is 61.5 Å². The molecule has 1 saturated heterocycles. The first-order valence-electron chi connectivity index (χ1n) is 10.2. The number of nitrogens with one attached hydrogen (secondary N) is 1. The lowest BCUT2D eigenvalue weighted by atomic mass is 9.83. The molecular weight excluding hydrogens is 346 g/mol. The van der Waals surface area contributed by atoms with Crippen LogP contribution in [0.5, 0.6) is 0 Å².